The molecule has 5 heteroatoms. The lowest BCUT2D eigenvalue weighted by Crippen LogP contribution is -2.09. The second kappa shape index (κ2) is 6.54. The van der Waals surface area contributed by atoms with Crippen molar-refractivity contribution in [2.75, 3.05) is 24.2 Å². The van der Waals surface area contributed by atoms with E-state index in [0.717, 1.165) is 31.0 Å². The van der Waals surface area contributed by atoms with Crippen LogP contribution in [0.25, 0.3) is 0 Å². The van der Waals surface area contributed by atoms with E-state index in [0.29, 0.717) is 12.1 Å². The summed E-state index contributed by atoms with van der Waals surface area (Å²) >= 11 is 0. The highest BCUT2D eigenvalue weighted by Gasteiger charge is 2.14. The van der Waals surface area contributed by atoms with Gasteiger partial charge < -0.3 is 15.8 Å². The minimum atomic E-state index is 0.322. The SMILES string of the molecule is Cc1cnc(N)nc1NCCCC[C@@H]1CCCO1. The van der Waals surface area contributed by atoms with Crippen molar-refractivity contribution in [1.82, 2.24) is 9.97 Å². The van der Waals surface area contributed by atoms with Gasteiger partial charge in [0.05, 0.1) is 6.10 Å². The molecule has 3 N–H and O–H groups in total. The third kappa shape index (κ3) is 3.84. The summed E-state index contributed by atoms with van der Waals surface area (Å²) in [5.41, 5.74) is 6.59. The van der Waals surface area contributed by atoms with Crippen molar-refractivity contribution in [2.24, 2.45) is 0 Å². The summed E-state index contributed by atoms with van der Waals surface area (Å²) in [6, 6.07) is 0. The molecule has 2 rings (SSSR count). The number of aromatic nitrogens is 2. The van der Waals surface area contributed by atoms with Crippen molar-refractivity contribution in [3.8, 4) is 0 Å². The maximum Gasteiger partial charge on any atom is 0.221 e. The van der Waals surface area contributed by atoms with Crippen LogP contribution in [0.1, 0.15) is 37.7 Å². The zero-order valence-electron chi connectivity index (χ0n) is 11.0. The number of nitrogens with two attached hydrogens (primary N) is 1. The minimum Gasteiger partial charge on any atom is -0.378 e. The summed E-state index contributed by atoms with van der Waals surface area (Å²) < 4.78 is 5.60. The van der Waals surface area contributed by atoms with E-state index >= 15 is 0 Å². The first-order chi connectivity index (χ1) is 8.75. The van der Waals surface area contributed by atoms with E-state index < -0.39 is 0 Å². The fourth-order valence-corrected chi connectivity index (χ4v) is 2.21. The van der Waals surface area contributed by atoms with Gasteiger partial charge in [-0.1, -0.05) is 0 Å². The van der Waals surface area contributed by atoms with Gasteiger partial charge in [-0.15, -0.1) is 0 Å². The van der Waals surface area contributed by atoms with Gasteiger partial charge in [0.25, 0.3) is 0 Å². The molecule has 100 valence electrons. The van der Waals surface area contributed by atoms with Crippen LogP contribution in [-0.2, 0) is 4.74 Å². The summed E-state index contributed by atoms with van der Waals surface area (Å²) in [5, 5.41) is 3.31. The minimum absolute atomic E-state index is 0.322. The molecule has 1 aromatic rings. The van der Waals surface area contributed by atoms with E-state index in [9.17, 15) is 0 Å². The molecule has 1 aromatic heterocycles. The van der Waals surface area contributed by atoms with E-state index in [1.807, 2.05) is 6.92 Å². The summed E-state index contributed by atoms with van der Waals surface area (Å²) in [4.78, 5) is 8.12. The Morgan fingerprint density at radius 2 is 2.39 bits per heavy atom. The third-order valence-corrected chi connectivity index (χ3v) is 3.26. The average Bonchev–Trinajstić information content (AvgIpc) is 2.86. The highest BCUT2D eigenvalue weighted by Crippen LogP contribution is 2.17. The summed E-state index contributed by atoms with van der Waals surface area (Å²) in [7, 11) is 0. The van der Waals surface area contributed by atoms with Crippen LogP contribution in [0.5, 0.6) is 0 Å². The molecule has 0 saturated carbocycles. The lowest BCUT2D eigenvalue weighted by molar-refractivity contribution is 0.102. The lowest BCUT2D eigenvalue weighted by Gasteiger charge is -2.10. The lowest BCUT2D eigenvalue weighted by atomic mass is 10.1. The number of rotatable bonds is 6. The monoisotopic (exact) mass is 250 g/mol. The quantitative estimate of drug-likeness (QED) is 0.757. The molecular formula is C13H22N4O. The molecule has 1 aliphatic rings. The molecule has 0 spiro atoms. The van der Waals surface area contributed by atoms with Gasteiger partial charge in [-0.2, -0.15) is 4.98 Å². The van der Waals surface area contributed by atoms with Gasteiger partial charge in [0.15, 0.2) is 0 Å². The van der Waals surface area contributed by atoms with Crippen molar-refractivity contribution < 1.29 is 4.74 Å². The molecule has 5 nitrogen and oxygen atoms in total. The van der Waals surface area contributed by atoms with Gasteiger partial charge in [-0.25, -0.2) is 4.98 Å². The van der Waals surface area contributed by atoms with Crippen LogP contribution in [0.3, 0.4) is 0 Å². The fourth-order valence-electron chi connectivity index (χ4n) is 2.21. The number of nitrogens with zero attached hydrogens (tertiary/aromatic N) is 2. The Bertz CT molecular complexity index is 377. The van der Waals surface area contributed by atoms with E-state index in [4.69, 9.17) is 10.5 Å². The normalized spacial score (nSPS) is 19.1. The van der Waals surface area contributed by atoms with Gasteiger partial charge in [-0.3, -0.25) is 0 Å². The smallest absolute Gasteiger partial charge is 0.221 e. The number of ether oxygens (including phenoxy) is 1. The number of anilines is 2. The van der Waals surface area contributed by atoms with Crippen LogP contribution >= 0.6 is 0 Å². The number of hydrogen-bond acceptors (Lipinski definition) is 5. The number of nitrogen functional groups attached to an aromatic ring is 1. The summed E-state index contributed by atoms with van der Waals surface area (Å²) in [6.07, 6.45) is 8.20. The first-order valence-corrected chi connectivity index (χ1v) is 6.70. The first-order valence-electron chi connectivity index (χ1n) is 6.70. The fraction of sp³-hybridized carbons (Fsp3) is 0.692. The van der Waals surface area contributed by atoms with Crippen LogP contribution in [0, 0.1) is 6.92 Å². The largest absolute Gasteiger partial charge is 0.378 e. The van der Waals surface area contributed by atoms with Crippen molar-refractivity contribution in [1.29, 1.82) is 0 Å². The second-order valence-electron chi connectivity index (χ2n) is 4.82. The maximum atomic E-state index is 5.60. The number of hydrogen-bond donors (Lipinski definition) is 2. The molecule has 0 aliphatic carbocycles. The average molecular weight is 250 g/mol. The molecule has 0 aromatic carbocycles. The molecule has 0 radical (unpaired) electrons. The molecule has 0 amide bonds. The van der Waals surface area contributed by atoms with Gasteiger partial charge in [0.1, 0.15) is 5.82 Å². The second-order valence-corrected chi connectivity index (χ2v) is 4.82. The Balaban J connectivity index is 1.64. The predicted molar refractivity (Wildman–Crippen MR) is 72.5 cm³/mol. The van der Waals surface area contributed by atoms with Crippen molar-refractivity contribution >= 4 is 11.8 Å². The highest BCUT2D eigenvalue weighted by molar-refractivity contribution is 5.44. The van der Waals surface area contributed by atoms with Crippen LogP contribution in [0.15, 0.2) is 6.20 Å². The molecule has 1 atom stereocenters. The van der Waals surface area contributed by atoms with Crippen LogP contribution in [0.2, 0.25) is 0 Å². The zero-order chi connectivity index (χ0) is 12.8. The van der Waals surface area contributed by atoms with Gasteiger partial charge >= 0.3 is 0 Å². The molecular weight excluding hydrogens is 228 g/mol. The molecule has 1 fully saturated rings. The Labute approximate surface area is 108 Å². The third-order valence-electron chi connectivity index (χ3n) is 3.26. The number of nitrogens with one attached hydrogen (secondary N) is 1. The number of unbranched alkanes of at least 4 members (excludes halogenated alkanes) is 1. The molecule has 1 aliphatic heterocycles. The molecule has 0 bridgehead atoms. The first kappa shape index (κ1) is 13.1. The highest BCUT2D eigenvalue weighted by atomic mass is 16.5. The van der Waals surface area contributed by atoms with Crippen molar-refractivity contribution in [3.05, 3.63) is 11.8 Å². The van der Waals surface area contributed by atoms with E-state index in [-0.39, 0.29) is 0 Å². The Morgan fingerprint density at radius 3 is 3.17 bits per heavy atom. The molecule has 1 saturated heterocycles. The van der Waals surface area contributed by atoms with Gasteiger partial charge in [-0.05, 0) is 39.0 Å². The topological polar surface area (TPSA) is 73.1 Å². The van der Waals surface area contributed by atoms with E-state index in [1.54, 1.807) is 6.20 Å². The predicted octanol–water partition coefficient (Wildman–Crippen LogP) is 2.13. The number of aryl methyl sites for hydroxylation is 1. The van der Waals surface area contributed by atoms with E-state index in [1.165, 1.54) is 25.7 Å². The van der Waals surface area contributed by atoms with Crippen LogP contribution in [-0.4, -0.2) is 29.2 Å². The Hall–Kier alpha value is -1.36. The Kier molecular flexibility index (Phi) is 4.75. The van der Waals surface area contributed by atoms with Gasteiger partial charge in [0.2, 0.25) is 5.95 Å². The van der Waals surface area contributed by atoms with Crippen LogP contribution < -0.4 is 11.1 Å². The molecule has 0 unspecified atom stereocenters. The van der Waals surface area contributed by atoms with E-state index in [2.05, 4.69) is 15.3 Å². The Morgan fingerprint density at radius 1 is 1.50 bits per heavy atom. The summed E-state index contributed by atoms with van der Waals surface area (Å²) in [5.74, 6) is 1.17. The standard InChI is InChI=1S/C13H22N4O/c1-10-9-16-13(14)17-12(10)15-7-3-2-5-11-6-4-8-18-11/h9,11H,2-8H2,1H3,(H3,14,15,16,17)/t11-/m1/s1. The zero-order valence-corrected chi connectivity index (χ0v) is 11.0. The molecule has 2 heterocycles. The molecule has 18 heavy (non-hydrogen) atoms. The maximum absolute atomic E-state index is 5.60. The van der Waals surface area contributed by atoms with Crippen molar-refractivity contribution in [2.45, 2.75) is 45.1 Å². The van der Waals surface area contributed by atoms with Crippen molar-refractivity contribution in [3.63, 3.8) is 0 Å². The summed E-state index contributed by atoms with van der Waals surface area (Å²) in [6.45, 7) is 3.85. The van der Waals surface area contributed by atoms with Crippen LogP contribution in [0.4, 0.5) is 11.8 Å². The van der Waals surface area contributed by atoms with Gasteiger partial charge in [0, 0.05) is 24.9 Å².